The first kappa shape index (κ1) is 22.8. The Morgan fingerprint density at radius 1 is 1.30 bits per heavy atom. The number of aliphatic hydroxyl groups is 1. The molecule has 0 fully saturated rings. The number of amides is 1. The van der Waals surface area contributed by atoms with Crippen LogP contribution >= 0.6 is 11.6 Å². The molecular formula is C23H25ClN6O3. The van der Waals surface area contributed by atoms with E-state index >= 15 is 0 Å². The van der Waals surface area contributed by atoms with E-state index in [1.54, 1.807) is 24.3 Å². The van der Waals surface area contributed by atoms with E-state index < -0.39 is 0 Å². The number of anilines is 5. The monoisotopic (exact) mass is 468 g/mol. The Morgan fingerprint density at radius 3 is 3.00 bits per heavy atom. The highest BCUT2D eigenvalue weighted by Crippen LogP contribution is 2.31. The summed E-state index contributed by atoms with van der Waals surface area (Å²) in [4.78, 5) is 23.3. The Balaban J connectivity index is 1.59. The topological polar surface area (TPSA) is 112 Å². The molecule has 0 atom stereocenters. The molecule has 1 aliphatic heterocycles. The Hall–Kier alpha value is -3.40. The van der Waals surface area contributed by atoms with Crippen LogP contribution < -0.4 is 20.9 Å². The zero-order valence-corrected chi connectivity index (χ0v) is 18.9. The van der Waals surface area contributed by atoms with Crippen LogP contribution in [0, 0.1) is 0 Å². The van der Waals surface area contributed by atoms with Crippen molar-refractivity contribution in [2.24, 2.45) is 0 Å². The minimum Gasteiger partial charge on any atom is -0.395 e. The molecule has 0 unspecified atom stereocenters. The van der Waals surface area contributed by atoms with Crippen molar-refractivity contribution in [3.63, 3.8) is 0 Å². The molecule has 3 aromatic rings. The highest BCUT2D eigenvalue weighted by molar-refractivity contribution is 6.33. The largest absolute Gasteiger partial charge is 0.395 e. The molecule has 0 spiro atoms. The number of carbonyl (C=O) groups excluding carboxylic acids is 1. The summed E-state index contributed by atoms with van der Waals surface area (Å²) in [6, 6.07) is 13.1. The van der Waals surface area contributed by atoms with Crippen molar-refractivity contribution in [2.45, 2.75) is 6.61 Å². The molecule has 9 nitrogen and oxygen atoms in total. The van der Waals surface area contributed by atoms with Gasteiger partial charge in [-0.25, -0.2) is 4.98 Å². The molecule has 4 N–H and O–H groups in total. The van der Waals surface area contributed by atoms with Crippen LogP contribution in [0.1, 0.15) is 15.9 Å². The lowest BCUT2D eigenvalue weighted by atomic mass is 10.1. The fourth-order valence-corrected chi connectivity index (χ4v) is 3.56. The van der Waals surface area contributed by atoms with Crippen molar-refractivity contribution in [2.75, 3.05) is 48.9 Å². The second-order valence-electron chi connectivity index (χ2n) is 7.40. The van der Waals surface area contributed by atoms with E-state index in [1.165, 1.54) is 6.20 Å². The number of aliphatic hydroxyl groups excluding tert-OH is 1. The van der Waals surface area contributed by atoms with E-state index in [0.29, 0.717) is 41.3 Å². The minimum absolute atomic E-state index is 0.139. The third kappa shape index (κ3) is 5.33. The molecule has 0 bridgehead atoms. The summed E-state index contributed by atoms with van der Waals surface area (Å²) in [5.41, 5.74) is 3.97. The molecule has 0 saturated carbocycles. The SMILES string of the molecule is CN(c1ccc2c(c1)COCCN2)c1ncc(Cl)c(Nc2ccccc2C(=O)NCCO)n1. The van der Waals surface area contributed by atoms with E-state index in [4.69, 9.17) is 21.4 Å². The van der Waals surface area contributed by atoms with Crippen LogP contribution in [0.15, 0.2) is 48.7 Å². The molecule has 0 aliphatic carbocycles. The number of halogens is 1. The summed E-state index contributed by atoms with van der Waals surface area (Å²) < 4.78 is 5.63. The van der Waals surface area contributed by atoms with E-state index in [9.17, 15) is 4.79 Å². The number of para-hydroxylation sites is 1. The zero-order valence-electron chi connectivity index (χ0n) is 18.1. The first-order chi connectivity index (χ1) is 16.1. The van der Waals surface area contributed by atoms with Crippen LogP contribution in [0.25, 0.3) is 0 Å². The first-order valence-electron chi connectivity index (χ1n) is 10.5. The zero-order chi connectivity index (χ0) is 23.2. The molecular weight excluding hydrogens is 444 g/mol. The van der Waals surface area contributed by atoms with Crippen LogP contribution in [0.5, 0.6) is 0 Å². The fourth-order valence-electron chi connectivity index (χ4n) is 3.43. The smallest absolute Gasteiger partial charge is 0.253 e. The van der Waals surface area contributed by atoms with Gasteiger partial charge in [0.25, 0.3) is 5.91 Å². The van der Waals surface area contributed by atoms with Crippen molar-refractivity contribution in [3.05, 3.63) is 64.8 Å². The molecule has 4 rings (SSSR count). The maximum atomic E-state index is 12.5. The predicted octanol–water partition coefficient (Wildman–Crippen LogP) is 3.31. The molecule has 0 saturated heterocycles. The van der Waals surface area contributed by atoms with E-state index in [2.05, 4.69) is 25.9 Å². The number of nitrogens with zero attached hydrogens (tertiary/aromatic N) is 3. The fraction of sp³-hybridized carbons (Fsp3) is 0.261. The van der Waals surface area contributed by atoms with Crippen LogP contribution in [0.4, 0.5) is 28.8 Å². The summed E-state index contributed by atoms with van der Waals surface area (Å²) in [5, 5.41) is 18.4. The highest BCUT2D eigenvalue weighted by Gasteiger charge is 2.16. The maximum Gasteiger partial charge on any atom is 0.253 e. The van der Waals surface area contributed by atoms with Crippen LogP contribution in [-0.2, 0) is 11.3 Å². The lowest BCUT2D eigenvalue weighted by molar-refractivity contribution is 0.0945. The maximum absolute atomic E-state index is 12.5. The van der Waals surface area contributed by atoms with Gasteiger partial charge in [-0.3, -0.25) is 4.79 Å². The number of benzene rings is 2. The van der Waals surface area contributed by atoms with Gasteiger partial charge < -0.3 is 30.7 Å². The van der Waals surface area contributed by atoms with Gasteiger partial charge in [-0.2, -0.15) is 4.98 Å². The molecule has 1 aliphatic rings. The number of fused-ring (bicyclic) bond motifs is 1. The predicted molar refractivity (Wildman–Crippen MR) is 129 cm³/mol. The Bertz CT molecular complexity index is 1140. The highest BCUT2D eigenvalue weighted by atomic mass is 35.5. The molecule has 2 aromatic carbocycles. The lowest BCUT2D eigenvalue weighted by Gasteiger charge is -2.20. The molecule has 172 valence electrons. The minimum atomic E-state index is -0.310. The normalized spacial score (nSPS) is 12.8. The van der Waals surface area contributed by atoms with Crippen LogP contribution in [-0.4, -0.2) is 54.3 Å². The number of hydrogen-bond donors (Lipinski definition) is 4. The van der Waals surface area contributed by atoms with Gasteiger partial charge in [-0.05, 0) is 30.3 Å². The Kier molecular flexibility index (Phi) is 7.23. The van der Waals surface area contributed by atoms with Gasteiger partial charge in [0.15, 0.2) is 5.82 Å². The van der Waals surface area contributed by atoms with Crippen molar-refractivity contribution in [3.8, 4) is 0 Å². The summed E-state index contributed by atoms with van der Waals surface area (Å²) in [5.74, 6) is 0.498. The third-order valence-electron chi connectivity index (χ3n) is 5.15. The quantitative estimate of drug-likeness (QED) is 0.418. The van der Waals surface area contributed by atoms with Gasteiger partial charge in [0.1, 0.15) is 5.02 Å². The van der Waals surface area contributed by atoms with Gasteiger partial charge in [-0.15, -0.1) is 0 Å². The molecule has 10 heteroatoms. The molecule has 1 aromatic heterocycles. The molecule has 0 radical (unpaired) electrons. The summed E-state index contributed by atoms with van der Waals surface area (Å²) in [7, 11) is 1.87. The van der Waals surface area contributed by atoms with E-state index in [1.807, 2.05) is 30.1 Å². The summed E-state index contributed by atoms with van der Waals surface area (Å²) in [6.07, 6.45) is 1.52. The van der Waals surface area contributed by atoms with Crippen molar-refractivity contribution in [1.29, 1.82) is 0 Å². The van der Waals surface area contributed by atoms with Gasteiger partial charge >= 0.3 is 0 Å². The van der Waals surface area contributed by atoms with Crippen molar-refractivity contribution < 1.29 is 14.6 Å². The average molecular weight is 469 g/mol. The Morgan fingerprint density at radius 2 is 2.15 bits per heavy atom. The number of carbonyl (C=O) groups is 1. The molecule has 33 heavy (non-hydrogen) atoms. The second-order valence-corrected chi connectivity index (χ2v) is 7.80. The number of hydrogen-bond acceptors (Lipinski definition) is 8. The first-order valence-corrected chi connectivity index (χ1v) is 10.9. The van der Waals surface area contributed by atoms with Crippen molar-refractivity contribution >= 4 is 46.3 Å². The second kappa shape index (κ2) is 10.5. The standard InChI is InChI=1S/C23H25ClN6O3/c1-30(16-6-7-19-15(12-16)14-33-11-9-25-19)23-27-13-18(24)21(29-23)28-20-5-3-2-4-17(20)22(32)26-8-10-31/h2-7,12-13,25,31H,8-11,14H2,1H3,(H,26,32)(H,27,28,29). The summed E-state index contributed by atoms with van der Waals surface area (Å²) in [6.45, 7) is 2.00. The van der Waals surface area contributed by atoms with Crippen molar-refractivity contribution in [1.82, 2.24) is 15.3 Å². The molecule has 1 amide bonds. The number of aromatic nitrogens is 2. The third-order valence-corrected chi connectivity index (χ3v) is 5.43. The molecule has 2 heterocycles. The Labute approximate surface area is 196 Å². The number of ether oxygens (including phenoxy) is 1. The van der Waals surface area contributed by atoms with Crippen LogP contribution in [0.2, 0.25) is 5.02 Å². The lowest BCUT2D eigenvalue weighted by Crippen LogP contribution is -2.27. The average Bonchev–Trinajstić information content (AvgIpc) is 3.08. The van der Waals surface area contributed by atoms with Gasteiger partial charge in [0.2, 0.25) is 5.95 Å². The number of rotatable bonds is 7. The van der Waals surface area contributed by atoms with Gasteiger partial charge in [-0.1, -0.05) is 23.7 Å². The van der Waals surface area contributed by atoms with E-state index in [-0.39, 0.29) is 19.1 Å². The van der Waals surface area contributed by atoms with Crippen LogP contribution in [0.3, 0.4) is 0 Å². The van der Waals surface area contributed by atoms with Gasteiger partial charge in [0, 0.05) is 37.1 Å². The summed E-state index contributed by atoms with van der Waals surface area (Å²) >= 11 is 6.36. The number of nitrogens with one attached hydrogen (secondary N) is 3. The van der Waals surface area contributed by atoms with Gasteiger partial charge in [0.05, 0.1) is 37.3 Å². The van der Waals surface area contributed by atoms with E-state index in [0.717, 1.165) is 23.5 Å².